The van der Waals surface area contributed by atoms with Crippen molar-refractivity contribution in [2.24, 2.45) is 41.4 Å². The summed E-state index contributed by atoms with van der Waals surface area (Å²) in [6, 6.07) is -12.6. The zero-order valence-corrected chi connectivity index (χ0v) is 59.7. The summed E-state index contributed by atoms with van der Waals surface area (Å²) in [6.45, 7) is 29.3. The number of amides is 11. The van der Waals surface area contributed by atoms with Crippen LogP contribution in [0.25, 0.3) is 0 Å². The zero-order chi connectivity index (χ0) is 71.0. The van der Waals surface area contributed by atoms with E-state index in [4.69, 9.17) is 16.7 Å². The van der Waals surface area contributed by atoms with Crippen LogP contribution in [0.2, 0.25) is 0 Å². The van der Waals surface area contributed by atoms with Crippen LogP contribution in [-0.2, 0) is 57.5 Å². The first-order valence-corrected chi connectivity index (χ1v) is 32.3. The lowest BCUT2D eigenvalue weighted by Crippen LogP contribution is -2.63. The molecular weight excluding hydrogens is 1200 g/mol. The van der Waals surface area contributed by atoms with Gasteiger partial charge in [-0.05, 0) is 101 Å². The number of alkyl halides is 1. The molecule has 91 heavy (non-hydrogen) atoms. The van der Waals surface area contributed by atoms with Crippen LogP contribution in [0.15, 0.2) is 12.2 Å². The maximum absolute atomic E-state index is 15.1. The Bertz CT molecular complexity index is 2480. The average Bonchev–Trinajstić information content (AvgIpc) is 1.01. The standard InChI is InChI=1S/C62H111N11O12.C2H3ClO3/c1-25-27-28-40(15)52(75)51-56(79)65-43(26-2)58(81)67(18)33-48(74)68(19)44(29-34(3)4)55(78)66-49(38(11)12)61(84)69(20)45(30-35(5)6)54(77)63-41(16)53(76)64-42(17)57(80)70(21)46(31-36(7)8)59(82)71(22)47(32-37(9)10)60(83)72(23)50(39(13)14)62(85)73(51)24;3-1-6-2(4)5/h25,27,34-47,49-52,75H,26,28-33H2,1-24H3,(H,63,77)(H,64,76)(H,65,79)(H,66,78);1H2,(H,4,5)/t40-,41+,42-,43+,44+,45+,46+,47+,49+,50+,51+,52-;/m1./s1. The van der Waals surface area contributed by atoms with E-state index in [-0.39, 0.29) is 61.8 Å². The summed E-state index contributed by atoms with van der Waals surface area (Å²) < 4.78 is 3.72. The molecule has 0 bridgehead atoms. The number of hydrogen-bond donors (Lipinski definition) is 6. The summed E-state index contributed by atoms with van der Waals surface area (Å²) in [6.07, 6.45) is 1.70. The van der Waals surface area contributed by atoms with Gasteiger partial charge in [0.2, 0.25) is 65.0 Å². The monoisotopic (exact) mass is 1310 g/mol. The third kappa shape index (κ3) is 25.8. The molecule has 1 heterocycles. The van der Waals surface area contributed by atoms with Gasteiger partial charge in [-0.3, -0.25) is 52.7 Å². The number of aliphatic hydroxyl groups excluding tert-OH is 1. The van der Waals surface area contributed by atoms with Crippen LogP contribution < -0.4 is 21.3 Å². The van der Waals surface area contributed by atoms with Gasteiger partial charge in [0, 0.05) is 49.3 Å². The molecule has 1 saturated heterocycles. The highest BCUT2D eigenvalue weighted by Crippen LogP contribution is 2.26. The number of hydrogen-bond acceptors (Lipinski definition) is 14. The number of ether oxygens (including phenoxy) is 1. The second-order valence-corrected chi connectivity index (χ2v) is 26.8. The van der Waals surface area contributed by atoms with Crippen LogP contribution in [0.1, 0.15) is 156 Å². The van der Waals surface area contributed by atoms with Crippen LogP contribution in [0.3, 0.4) is 0 Å². The summed E-state index contributed by atoms with van der Waals surface area (Å²) in [7, 11) is 9.92. The fraction of sp³-hybridized carbons (Fsp3) is 0.781. The summed E-state index contributed by atoms with van der Waals surface area (Å²) in [5.41, 5.74) is 0. The Balaban J connectivity index is 0.0000128. The molecule has 12 atom stereocenters. The molecule has 0 radical (unpaired) electrons. The number of rotatable bonds is 16. The van der Waals surface area contributed by atoms with Crippen LogP contribution in [0.5, 0.6) is 0 Å². The van der Waals surface area contributed by atoms with Gasteiger partial charge in [-0.25, -0.2) is 4.79 Å². The fourth-order valence-corrected chi connectivity index (χ4v) is 10.8. The molecule has 1 rings (SSSR count). The van der Waals surface area contributed by atoms with Gasteiger partial charge >= 0.3 is 6.16 Å². The van der Waals surface area contributed by atoms with E-state index in [9.17, 15) is 53.1 Å². The van der Waals surface area contributed by atoms with Crippen LogP contribution in [-0.4, -0.2) is 244 Å². The van der Waals surface area contributed by atoms with Gasteiger partial charge < -0.3 is 70.5 Å². The molecule has 0 aromatic rings. The number of nitrogens with zero attached hydrogens (tertiary/aromatic N) is 7. The van der Waals surface area contributed by atoms with Crippen molar-refractivity contribution in [1.29, 1.82) is 0 Å². The number of carbonyl (C=O) groups excluding carboxylic acids is 11. The molecule has 1 aliphatic rings. The normalized spacial score (nSPS) is 25.6. The van der Waals surface area contributed by atoms with E-state index >= 15 is 9.59 Å². The van der Waals surface area contributed by atoms with Gasteiger partial charge in [-0.15, -0.1) is 0 Å². The molecular formula is C64H114ClN11O15. The number of halogens is 1. The number of nitrogens with one attached hydrogen (secondary N) is 4. The SMILES string of the molecule is CC=CC[C@@H](C)[C@@H](O)[C@H]1C(=O)N[C@@H](CC)C(=O)N(C)CC(=O)N(C)[C@@H](CC(C)C)C(=O)N[C@@H](C(C)C)C(=O)N(C)[C@@H](CC(C)C)C(=O)N[C@@H](C)C(=O)N[C@H](C)C(=O)N(C)[C@@H](CC(C)C)C(=O)N(C)[C@@H](CC(C)C)C(=O)N(C)[C@@H](C(C)C)C(=O)N1C.O=C(O)OCCl. The smallest absolute Gasteiger partial charge is 0.450 e. The lowest BCUT2D eigenvalue weighted by Gasteiger charge is -2.41. The van der Waals surface area contributed by atoms with Crippen LogP contribution in [0, 0.1) is 41.4 Å². The number of likely N-dealkylation sites (N-methyl/N-ethyl adjacent to an activating group) is 7. The van der Waals surface area contributed by atoms with E-state index in [1.807, 2.05) is 61.5 Å². The van der Waals surface area contributed by atoms with Crippen molar-refractivity contribution in [2.75, 3.05) is 61.9 Å². The number of aliphatic hydroxyl groups is 1. The Hall–Kier alpha value is -6.57. The van der Waals surface area contributed by atoms with Crippen LogP contribution >= 0.6 is 11.6 Å². The Labute approximate surface area is 547 Å². The maximum Gasteiger partial charge on any atom is 0.506 e. The lowest BCUT2D eigenvalue weighted by atomic mass is 9.91. The molecule has 27 heteroatoms. The Kier molecular flexibility index (Phi) is 36.9. The highest BCUT2D eigenvalue weighted by molar-refractivity contribution is 6.17. The largest absolute Gasteiger partial charge is 0.506 e. The van der Waals surface area contributed by atoms with Crippen molar-refractivity contribution in [3.63, 3.8) is 0 Å². The number of carbonyl (C=O) groups is 12. The fourth-order valence-electron chi connectivity index (χ4n) is 10.7. The Morgan fingerprint density at radius 3 is 1.36 bits per heavy atom. The van der Waals surface area contributed by atoms with Crippen molar-refractivity contribution in [3.05, 3.63) is 12.2 Å². The van der Waals surface area contributed by atoms with Crippen molar-refractivity contribution in [2.45, 2.75) is 223 Å². The Morgan fingerprint density at radius 1 is 0.527 bits per heavy atom. The second-order valence-electron chi connectivity index (χ2n) is 26.6. The third-order valence-corrected chi connectivity index (χ3v) is 16.4. The average molecular weight is 1310 g/mol. The highest BCUT2D eigenvalue weighted by atomic mass is 35.5. The molecule has 522 valence electrons. The highest BCUT2D eigenvalue weighted by Gasteiger charge is 2.46. The van der Waals surface area contributed by atoms with Gasteiger partial charge in [0.25, 0.3) is 0 Å². The van der Waals surface area contributed by atoms with Gasteiger partial charge in [0.05, 0.1) is 12.6 Å². The lowest BCUT2D eigenvalue weighted by molar-refractivity contribution is -0.157. The maximum atomic E-state index is 15.1. The van der Waals surface area contributed by atoms with Gasteiger partial charge in [-0.1, -0.05) is 121 Å². The van der Waals surface area contributed by atoms with Gasteiger partial charge in [-0.2, -0.15) is 0 Å². The first kappa shape index (κ1) is 84.4. The van der Waals surface area contributed by atoms with E-state index in [0.717, 1.165) is 9.80 Å². The number of carboxylic acid groups (broad SMARTS) is 1. The molecule has 6 N–H and O–H groups in total. The van der Waals surface area contributed by atoms with Gasteiger partial charge in [0.1, 0.15) is 60.4 Å². The molecule has 1 aliphatic heterocycles. The first-order chi connectivity index (χ1) is 42.0. The number of allylic oxidation sites excluding steroid dienone is 2. The summed E-state index contributed by atoms with van der Waals surface area (Å²) in [4.78, 5) is 178. The van der Waals surface area contributed by atoms with E-state index in [2.05, 4.69) is 26.0 Å². The van der Waals surface area contributed by atoms with Crippen molar-refractivity contribution >= 4 is 82.7 Å². The molecule has 0 saturated carbocycles. The summed E-state index contributed by atoms with van der Waals surface area (Å²) >= 11 is 4.79. The van der Waals surface area contributed by atoms with Crippen molar-refractivity contribution in [3.8, 4) is 0 Å². The molecule has 0 aliphatic carbocycles. The minimum Gasteiger partial charge on any atom is -0.450 e. The molecule has 1 fully saturated rings. The molecule has 0 aromatic carbocycles. The van der Waals surface area contributed by atoms with Crippen molar-refractivity contribution in [1.82, 2.24) is 55.6 Å². The summed E-state index contributed by atoms with van der Waals surface area (Å²) in [5, 5.41) is 30.7. The molecule has 11 amide bonds. The molecule has 0 spiro atoms. The predicted octanol–water partition coefficient (Wildman–Crippen LogP) is 4.15. The third-order valence-electron chi connectivity index (χ3n) is 16.3. The topological polar surface area (TPSA) is 325 Å². The quantitative estimate of drug-likeness (QED) is 0.0719. The summed E-state index contributed by atoms with van der Waals surface area (Å²) in [5.74, 6) is -9.71. The first-order valence-electron chi connectivity index (χ1n) is 31.7. The van der Waals surface area contributed by atoms with Crippen LogP contribution in [0.4, 0.5) is 4.79 Å². The minimum absolute atomic E-state index is 0.0229. The van der Waals surface area contributed by atoms with E-state index in [0.29, 0.717) is 6.42 Å². The second kappa shape index (κ2) is 39.7. The Morgan fingerprint density at radius 2 is 0.945 bits per heavy atom. The zero-order valence-electron chi connectivity index (χ0n) is 58.9. The molecule has 0 aromatic heterocycles. The minimum atomic E-state index is -1.61. The van der Waals surface area contributed by atoms with Crippen molar-refractivity contribution < 1.29 is 72.5 Å². The van der Waals surface area contributed by atoms with E-state index < -0.39 is 162 Å². The van der Waals surface area contributed by atoms with E-state index in [1.54, 1.807) is 54.5 Å². The van der Waals surface area contributed by atoms with Gasteiger partial charge in [0.15, 0.2) is 6.07 Å². The predicted molar refractivity (Wildman–Crippen MR) is 348 cm³/mol. The van der Waals surface area contributed by atoms with E-state index in [1.165, 1.54) is 87.7 Å². The molecule has 0 unspecified atom stereocenters. The molecule has 26 nitrogen and oxygen atoms in total.